The van der Waals surface area contributed by atoms with Gasteiger partial charge in [0.2, 0.25) is 0 Å². The maximum absolute atomic E-state index is 11.6. The van der Waals surface area contributed by atoms with Gasteiger partial charge >= 0.3 is 0 Å². The summed E-state index contributed by atoms with van der Waals surface area (Å²) in [6.07, 6.45) is 5.30. The molecule has 0 saturated heterocycles. The number of aromatic nitrogens is 2. The lowest BCUT2D eigenvalue weighted by Gasteiger charge is -2.05. The second-order valence-corrected chi connectivity index (χ2v) is 4.39. The van der Waals surface area contributed by atoms with Crippen molar-refractivity contribution in [3.63, 3.8) is 0 Å². The molecule has 1 N–H and O–H groups in total. The number of nitrogens with one attached hydrogen (secondary N) is 1. The molecule has 92 valence electrons. The number of carbonyl (C=O) groups excluding carboxylic acids is 1. The average Bonchev–Trinajstić information content (AvgIpc) is 3.12. The summed E-state index contributed by atoms with van der Waals surface area (Å²) in [7, 11) is 0. The molecule has 6 heteroatoms. The quantitative estimate of drug-likeness (QED) is 0.778. The minimum absolute atomic E-state index is 0.211. The number of hydrogen-bond acceptors (Lipinski definition) is 4. The van der Waals surface area contributed by atoms with E-state index in [9.17, 15) is 4.79 Å². The molecular weight excluding hydrogens is 242 g/mol. The largest absolute Gasteiger partial charge is 0.379 e. The summed E-state index contributed by atoms with van der Waals surface area (Å²) in [4.78, 5) is 19.2. The van der Waals surface area contributed by atoms with Gasteiger partial charge in [-0.3, -0.25) is 9.78 Å². The van der Waals surface area contributed by atoms with Crippen molar-refractivity contribution in [3.05, 3.63) is 23.2 Å². The first-order valence-electron chi connectivity index (χ1n) is 5.59. The van der Waals surface area contributed by atoms with Crippen molar-refractivity contribution in [2.45, 2.75) is 12.8 Å². The Morgan fingerprint density at radius 3 is 3.06 bits per heavy atom. The molecule has 0 bridgehead atoms. The number of carbonyl (C=O) groups is 1. The molecule has 1 aromatic rings. The number of ether oxygens (including phenoxy) is 1. The fourth-order valence-electron chi connectivity index (χ4n) is 1.31. The fourth-order valence-corrected chi connectivity index (χ4v) is 1.46. The van der Waals surface area contributed by atoms with Gasteiger partial charge in [0.25, 0.3) is 5.91 Å². The highest BCUT2D eigenvalue weighted by Gasteiger charge is 2.20. The van der Waals surface area contributed by atoms with Crippen LogP contribution in [0.25, 0.3) is 0 Å². The Morgan fingerprint density at radius 2 is 2.35 bits per heavy atom. The molecule has 5 nitrogen and oxygen atoms in total. The van der Waals surface area contributed by atoms with E-state index in [1.54, 1.807) is 0 Å². The van der Waals surface area contributed by atoms with Crippen LogP contribution in [0, 0.1) is 5.92 Å². The predicted molar refractivity (Wildman–Crippen MR) is 62.9 cm³/mol. The zero-order valence-electron chi connectivity index (χ0n) is 9.36. The summed E-state index contributed by atoms with van der Waals surface area (Å²) >= 11 is 5.64. The molecule has 0 aliphatic heterocycles. The van der Waals surface area contributed by atoms with Gasteiger partial charge in [-0.25, -0.2) is 4.98 Å². The summed E-state index contributed by atoms with van der Waals surface area (Å²) in [6, 6.07) is 0. The Kier molecular flexibility index (Phi) is 4.28. The molecule has 0 spiro atoms. The summed E-state index contributed by atoms with van der Waals surface area (Å²) in [5, 5.41) is 2.91. The number of hydrogen-bond donors (Lipinski definition) is 1. The van der Waals surface area contributed by atoms with Crippen LogP contribution in [-0.2, 0) is 4.74 Å². The lowest BCUT2D eigenvalue weighted by molar-refractivity contribution is 0.0901. The van der Waals surface area contributed by atoms with Crippen LogP contribution in [0.4, 0.5) is 0 Å². The number of nitrogens with zero attached hydrogens (tertiary/aromatic N) is 2. The van der Waals surface area contributed by atoms with Gasteiger partial charge in [-0.05, 0) is 18.8 Å². The van der Waals surface area contributed by atoms with Gasteiger partial charge in [0.1, 0.15) is 10.8 Å². The Bertz CT molecular complexity index is 396. The molecule has 0 unspecified atom stereocenters. The number of rotatable bonds is 6. The van der Waals surface area contributed by atoms with Crippen molar-refractivity contribution in [2.75, 3.05) is 19.8 Å². The molecule has 1 amide bonds. The Labute approximate surface area is 105 Å². The smallest absolute Gasteiger partial charge is 0.271 e. The number of halogens is 1. The van der Waals surface area contributed by atoms with E-state index in [1.807, 2.05) is 0 Å². The van der Waals surface area contributed by atoms with E-state index in [-0.39, 0.29) is 16.8 Å². The SMILES string of the molecule is O=C(NCCOCC1CC1)c1cncc(Cl)n1. The van der Waals surface area contributed by atoms with Crippen LogP contribution >= 0.6 is 11.6 Å². The van der Waals surface area contributed by atoms with Gasteiger partial charge in [-0.1, -0.05) is 11.6 Å². The second kappa shape index (κ2) is 5.93. The predicted octanol–water partition coefficient (Wildman–Crippen LogP) is 1.29. The van der Waals surface area contributed by atoms with Crippen LogP contribution in [0.2, 0.25) is 5.15 Å². The Hall–Kier alpha value is -1.20. The van der Waals surface area contributed by atoms with Gasteiger partial charge in [-0.2, -0.15) is 0 Å². The van der Waals surface area contributed by atoms with Crippen LogP contribution in [0.15, 0.2) is 12.4 Å². The van der Waals surface area contributed by atoms with Gasteiger partial charge in [-0.15, -0.1) is 0 Å². The van der Waals surface area contributed by atoms with Crippen LogP contribution in [0.1, 0.15) is 23.3 Å². The Morgan fingerprint density at radius 1 is 1.53 bits per heavy atom. The van der Waals surface area contributed by atoms with Crippen LogP contribution < -0.4 is 5.32 Å². The van der Waals surface area contributed by atoms with Crippen molar-refractivity contribution in [1.82, 2.24) is 15.3 Å². The molecule has 1 aliphatic carbocycles. The lowest BCUT2D eigenvalue weighted by atomic mass is 10.4. The average molecular weight is 256 g/mol. The summed E-state index contributed by atoms with van der Waals surface area (Å²) in [6.45, 7) is 1.79. The van der Waals surface area contributed by atoms with E-state index >= 15 is 0 Å². The van der Waals surface area contributed by atoms with Crippen molar-refractivity contribution >= 4 is 17.5 Å². The highest BCUT2D eigenvalue weighted by molar-refractivity contribution is 6.29. The fraction of sp³-hybridized carbons (Fsp3) is 0.545. The molecule has 0 aromatic carbocycles. The van der Waals surface area contributed by atoms with Crippen molar-refractivity contribution in [1.29, 1.82) is 0 Å². The first kappa shape index (κ1) is 12.3. The highest BCUT2D eigenvalue weighted by Crippen LogP contribution is 2.28. The van der Waals surface area contributed by atoms with Crippen molar-refractivity contribution < 1.29 is 9.53 Å². The Balaban J connectivity index is 1.65. The van der Waals surface area contributed by atoms with E-state index in [1.165, 1.54) is 25.2 Å². The van der Waals surface area contributed by atoms with Crippen LogP contribution in [0.5, 0.6) is 0 Å². The van der Waals surface area contributed by atoms with E-state index in [0.717, 1.165) is 12.5 Å². The molecule has 1 fully saturated rings. The highest BCUT2D eigenvalue weighted by atomic mass is 35.5. The molecule has 17 heavy (non-hydrogen) atoms. The van der Waals surface area contributed by atoms with Crippen molar-refractivity contribution in [3.8, 4) is 0 Å². The van der Waals surface area contributed by atoms with Gasteiger partial charge in [0.15, 0.2) is 0 Å². The lowest BCUT2D eigenvalue weighted by Crippen LogP contribution is -2.28. The van der Waals surface area contributed by atoms with E-state index < -0.39 is 0 Å². The van der Waals surface area contributed by atoms with Crippen LogP contribution in [0.3, 0.4) is 0 Å². The van der Waals surface area contributed by atoms with E-state index in [0.29, 0.717) is 13.2 Å². The summed E-state index contributed by atoms with van der Waals surface area (Å²) in [5.74, 6) is 0.458. The normalized spacial score (nSPS) is 14.6. The first-order valence-corrected chi connectivity index (χ1v) is 5.97. The van der Waals surface area contributed by atoms with Gasteiger partial charge < -0.3 is 10.1 Å². The molecule has 1 aromatic heterocycles. The van der Waals surface area contributed by atoms with Gasteiger partial charge in [0, 0.05) is 13.2 Å². The zero-order valence-corrected chi connectivity index (χ0v) is 10.1. The third-order valence-corrected chi connectivity index (χ3v) is 2.60. The molecule has 0 radical (unpaired) electrons. The number of amides is 1. The summed E-state index contributed by atoms with van der Waals surface area (Å²) in [5.41, 5.74) is 0.222. The monoisotopic (exact) mass is 255 g/mol. The third kappa shape index (κ3) is 4.28. The minimum atomic E-state index is -0.282. The van der Waals surface area contributed by atoms with E-state index in [2.05, 4.69) is 15.3 Å². The maximum atomic E-state index is 11.6. The second-order valence-electron chi connectivity index (χ2n) is 4.00. The molecular formula is C11H14ClN3O2. The molecule has 1 heterocycles. The third-order valence-electron chi connectivity index (χ3n) is 2.42. The molecule has 2 rings (SSSR count). The molecule has 1 saturated carbocycles. The molecule has 0 atom stereocenters. The minimum Gasteiger partial charge on any atom is -0.379 e. The molecule has 1 aliphatic rings. The zero-order chi connectivity index (χ0) is 12.1. The van der Waals surface area contributed by atoms with Crippen LogP contribution in [-0.4, -0.2) is 35.6 Å². The summed E-state index contributed by atoms with van der Waals surface area (Å²) < 4.78 is 5.39. The van der Waals surface area contributed by atoms with Crippen molar-refractivity contribution in [2.24, 2.45) is 5.92 Å². The first-order chi connectivity index (χ1) is 8.25. The van der Waals surface area contributed by atoms with E-state index in [4.69, 9.17) is 16.3 Å². The topological polar surface area (TPSA) is 64.1 Å². The van der Waals surface area contributed by atoms with Gasteiger partial charge in [0.05, 0.1) is 19.0 Å². The standard InChI is InChI=1S/C11H14ClN3O2/c12-10-6-13-5-9(15-10)11(16)14-3-4-17-7-8-1-2-8/h5-6,8H,1-4,7H2,(H,14,16). The maximum Gasteiger partial charge on any atom is 0.271 e.